The smallest absolute Gasteiger partial charge is 0.255 e. The Labute approximate surface area is 358 Å². The molecule has 0 bridgehead atoms. The summed E-state index contributed by atoms with van der Waals surface area (Å²) in [5.74, 6) is 0.768. The van der Waals surface area contributed by atoms with Gasteiger partial charge in [0.2, 0.25) is 0 Å². The summed E-state index contributed by atoms with van der Waals surface area (Å²) in [6, 6.07) is 20.5. The highest BCUT2D eigenvalue weighted by molar-refractivity contribution is 6.31. The second-order valence-corrected chi connectivity index (χ2v) is 19.0. The number of piperazine rings is 1. The highest BCUT2D eigenvalue weighted by atomic mass is 35.5. The van der Waals surface area contributed by atoms with Gasteiger partial charge in [-0.3, -0.25) is 24.1 Å². The van der Waals surface area contributed by atoms with Crippen LogP contribution < -0.4 is 19.9 Å². The number of rotatable bonds is 9. The Morgan fingerprint density at radius 2 is 1.53 bits per heavy atom. The highest BCUT2D eigenvalue weighted by Crippen LogP contribution is 2.55. The number of nitriles is 1. The van der Waals surface area contributed by atoms with E-state index in [1.165, 1.54) is 0 Å². The summed E-state index contributed by atoms with van der Waals surface area (Å²) in [4.78, 5) is 60.4. The lowest BCUT2D eigenvalue weighted by molar-refractivity contribution is -0.164. The van der Waals surface area contributed by atoms with Crippen molar-refractivity contribution in [3.63, 3.8) is 0 Å². The van der Waals surface area contributed by atoms with Gasteiger partial charge in [-0.15, -0.1) is 0 Å². The number of nitrogens with zero attached hydrogens (tertiary/aromatic N) is 5. The Morgan fingerprint density at radius 3 is 2.18 bits per heavy atom. The summed E-state index contributed by atoms with van der Waals surface area (Å²) in [6.45, 7) is 19.8. The molecule has 5 aliphatic rings. The number of ether oxygens (including phenoxy) is 1. The van der Waals surface area contributed by atoms with Crippen LogP contribution in [0.25, 0.3) is 5.57 Å². The van der Waals surface area contributed by atoms with Crippen LogP contribution in [-0.2, 0) is 9.59 Å². The summed E-state index contributed by atoms with van der Waals surface area (Å²) in [7, 11) is 0. The molecule has 12 heteroatoms. The predicted molar refractivity (Wildman–Crippen MR) is 234 cm³/mol. The average molecular weight is 831 g/mol. The molecule has 2 aliphatic carbocycles. The standard InChI is InChI=1S/C48H55ClN6O5/c1-30-28-55(41-15-12-36(56)25-42(41)57)44(59)38-14-11-35(24-39(30)38)54-22-20-52(21-23-54)29-31-16-18-53(19-17-31)34-9-6-32(7-10-34)43(58)51-45-47(2,3)46(48(45,4)5)60-37-13-8-33(27-50)40(49)26-37/h6-11,13-14,24,26,31,41,45-46H,1,12,15-23,25,28-29H2,2-5H3,(H,51,58). The topological polar surface area (TPSA) is 126 Å². The molecular formula is C48H55ClN6O5. The molecule has 4 fully saturated rings. The molecule has 60 heavy (non-hydrogen) atoms. The predicted octanol–water partition coefficient (Wildman–Crippen LogP) is 7.02. The van der Waals surface area contributed by atoms with Crippen molar-refractivity contribution in [1.29, 1.82) is 5.26 Å². The van der Waals surface area contributed by atoms with Crippen molar-refractivity contribution in [2.75, 3.05) is 62.2 Å². The molecule has 3 aromatic rings. The van der Waals surface area contributed by atoms with Crippen LogP contribution in [0.2, 0.25) is 5.02 Å². The van der Waals surface area contributed by atoms with Crippen LogP contribution in [0.5, 0.6) is 5.75 Å². The van der Waals surface area contributed by atoms with E-state index in [0.29, 0.717) is 52.8 Å². The van der Waals surface area contributed by atoms with Gasteiger partial charge < -0.3 is 24.8 Å². The molecular weight excluding hydrogens is 776 g/mol. The van der Waals surface area contributed by atoms with Crippen LogP contribution >= 0.6 is 11.6 Å². The molecule has 3 aliphatic heterocycles. The molecule has 2 saturated carbocycles. The van der Waals surface area contributed by atoms with Crippen molar-refractivity contribution >= 4 is 51.9 Å². The van der Waals surface area contributed by atoms with Crippen LogP contribution in [0.4, 0.5) is 11.4 Å². The normalized spacial score (nSPS) is 24.4. The SMILES string of the molecule is C=C1CN(C2CCC(=O)CC2=O)C(=O)c2ccc(N3CCN(CC4CCN(c5ccc(C(=O)NC6C(C)(C)C(Oc7ccc(C#N)c(Cl)c7)C6(C)C)cc5)CC4)CC3)cc21. The third-order valence-electron chi connectivity index (χ3n) is 13.8. The first-order chi connectivity index (χ1) is 28.6. The zero-order valence-electron chi connectivity index (χ0n) is 35.1. The van der Waals surface area contributed by atoms with E-state index in [-0.39, 0.29) is 52.8 Å². The van der Waals surface area contributed by atoms with Gasteiger partial charge in [0.05, 0.1) is 23.0 Å². The first-order valence-corrected chi connectivity index (χ1v) is 21.7. The number of nitrogens with one attached hydrogen (secondary N) is 1. The van der Waals surface area contributed by atoms with Gasteiger partial charge in [-0.05, 0) is 90.9 Å². The number of fused-ring (bicyclic) bond motifs is 1. The third kappa shape index (κ3) is 7.92. The van der Waals surface area contributed by atoms with Gasteiger partial charge in [0, 0.05) is 104 Å². The van der Waals surface area contributed by atoms with E-state index in [1.54, 1.807) is 23.1 Å². The number of benzene rings is 3. The van der Waals surface area contributed by atoms with Crippen LogP contribution in [-0.4, -0.2) is 104 Å². The van der Waals surface area contributed by atoms with Crippen molar-refractivity contribution in [3.05, 3.63) is 94.5 Å². The second-order valence-electron chi connectivity index (χ2n) is 18.6. The lowest BCUT2D eigenvalue weighted by Gasteiger charge is -2.63. The number of anilines is 2. The lowest BCUT2D eigenvalue weighted by Crippen LogP contribution is -2.74. The molecule has 0 spiro atoms. The average Bonchev–Trinajstić information content (AvgIpc) is 3.23. The fraction of sp³-hybridized carbons (Fsp3) is 0.479. The maximum absolute atomic E-state index is 13.5. The number of ketones is 2. The van der Waals surface area contributed by atoms with E-state index < -0.39 is 6.04 Å². The highest BCUT2D eigenvalue weighted by Gasteiger charge is 2.64. The Morgan fingerprint density at radius 1 is 0.867 bits per heavy atom. The minimum absolute atomic E-state index is 0.0481. The van der Waals surface area contributed by atoms with Crippen LogP contribution in [0, 0.1) is 28.1 Å². The summed E-state index contributed by atoms with van der Waals surface area (Å²) in [5, 5.41) is 12.9. The van der Waals surface area contributed by atoms with Crippen molar-refractivity contribution in [2.24, 2.45) is 16.7 Å². The van der Waals surface area contributed by atoms with E-state index in [9.17, 15) is 24.4 Å². The molecule has 3 aromatic carbocycles. The molecule has 8 rings (SSSR count). The molecule has 314 valence electrons. The molecule has 2 saturated heterocycles. The number of Topliss-reactive ketones (excluding diaryl/α,β-unsaturated/α-hetero) is 2. The van der Waals surface area contributed by atoms with Gasteiger partial charge in [0.1, 0.15) is 23.7 Å². The molecule has 3 heterocycles. The molecule has 0 radical (unpaired) electrons. The number of carbonyl (C=O) groups excluding carboxylic acids is 4. The quantitative estimate of drug-likeness (QED) is 0.227. The number of carbonyl (C=O) groups is 4. The van der Waals surface area contributed by atoms with Crippen LogP contribution in [0.3, 0.4) is 0 Å². The number of hydrogen-bond acceptors (Lipinski definition) is 9. The van der Waals surface area contributed by atoms with Gasteiger partial charge in [-0.25, -0.2) is 0 Å². The first-order valence-electron chi connectivity index (χ1n) is 21.3. The Hall–Kier alpha value is -5.18. The lowest BCUT2D eigenvalue weighted by atomic mass is 9.49. The molecule has 0 aromatic heterocycles. The number of amides is 2. The van der Waals surface area contributed by atoms with Gasteiger partial charge in [-0.2, -0.15) is 5.26 Å². The Balaban J connectivity index is 0.787. The summed E-state index contributed by atoms with van der Waals surface area (Å²) >= 11 is 6.26. The Bertz CT molecular complexity index is 2230. The van der Waals surface area contributed by atoms with Gasteiger partial charge in [-0.1, -0.05) is 45.9 Å². The maximum atomic E-state index is 13.5. The van der Waals surface area contributed by atoms with E-state index in [4.69, 9.17) is 16.3 Å². The summed E-state index contributed by atoms with van der Waals surface area (Å²) in [5.41, 5.74) is 4.85. The third-order valence-corrected chi connectivity index (χ3v) is 14.2. The van der Waals surface area contributed by atoms with Gasteiger partial charge >= 0.3 is 0 Å². The minimum atomic E-state index is -0.549. The largest absolute Gasteiger partial charge is 0.489 e. The van der Waals surface area contributed by atoms with Crippen LogP contribution in [0.1, 0.15) is 91.6 Å². The Kier molecular flexibility index (Phi) is 11.3. The fourth-order valence-electron chi connectivity index (χ4n) is 10.7. The zero-order chi connectivity index (χ0) is 42.5. The summed E-state index contributed by atoms with van der Waals surface area (Å²) in [6.07, 6.45) is 2.70. The van der Waals surface area contributed by atoms with Gasteiger partial charge in [0.15, 0.2) is 5.78 Å². The number of piperidine rings is 1. The van der Waals surface area contributed by atoms with Crippen molar-refractivity contribution in [2.45, 2.75) is 78.0 Å². The van der Waals surface area contributed by atoms with E-state index >= 15 is 0 Å². The van der Waals surface area contributed by atoms with E-state index in [2.05, 4.69) is 78.6 Å². The van der Waals surface area contributed by atoms with Crippen molar-refractivity contribution in [1.82, 2.24) is 15.1 Å². The van der Waals surface area contributed by atoms with E-state index in [0.717, 1.165) is 81.2 Å². The van der Waals surface area contributed by atoms with Crippen molar-refractivity contribution < 1.29 is 23.9 Å². The summed E-state index contributed by atoms with van der Waals surface area (Å²) < 4.78 is 6.39. The minimum Gasteiger partial charge on any atom is -0.489 e. The number of halogens is 1. The molecule has 1 N–H and O–H groups in total. The van der Waals surface area contributed by atoms with Crippen LogP contribution in [0.15, 0.2) is 67.2 Å². The molecule has 11 nitrogen and oxygen atoms in total. The monoisotopic (exact) mass is 830 g/mol. The van der Waals surface area contributed by atoms with E-state index in [1.807, 2.05) is 24.3 Å². The first kappa shape index (κ1) is 41.5. The molecule has 2 amide bonds. The second kappa shape index (κ2) is 16.4. The maximum Gasteiger partial charge on any atom is 0.255 e. The molecule has 1 atom stereocenters. The molecule has 1 unspecified atom stereocenters. The van der Waals surface area contributed by atoms with Crippen molar-refractivity contribution in [3.8, 4) is 11.8 Å². The fourth-order valence-corrected chi connectivity index (χ4v) is 10.9. The number of hydrogen-bond donors (Lipinski definition) is 1. The van der Waals surface area contributed by atoms with Gasteiger partial charge in [0.25, 0.3) is 11.8 Å². The zero-order valence-corrected chi connectivity index (χ0v) is 35.9.